The van der Waals surface area contributed by atoms with Gasteiger partial charge in [0.25, 0.3) is 0 Å². The van der Waals surface area contributed by atoms with Gasteiger partial charge in [-0.15, -0.1) is 12.4 Å². The predicted octanol–water partition coefficient (Wildman–Crippen LogP) is 1.80. The lowest BCUT2D eigenvalue weighted by atomic mass is 9.79. The van der Waals surface area contributed by atoms with E-state index in [-0.39, 0.29) is 37.3 Å². The van der Waals surface area contributed by atoms with Crippen molar-refractivity contribution in [1.82, 2.24) is 10.2 Å². The first-order valence-corrected chi connectivity index (χ1v) is 7.57. The third-order valence-corrected chi connectivity index (χ3v) is 4.39. The lowest BCUT2D eigenvalue weighted by molar-refractivity contribution is 0.0290. The van der Waals surface area contributed by atoms with Gasteiger partial charge in [0.15, 0.2) is 11.5 Å². The second kappa shape index (κ2) is 7.04. The van der Waals surface area contributed by atoms with Gasteiger partial charge in [-0.25, -0.2) is 0 Å². The predicted molar refractivity (Wildman–Crippen MR) is 87.9 cm³/mol. The Kier molecular flexibility index (Phi) is 5.55. The number of hydrogen-bond donors (Lipinski definition) is 2. The molecule has 0 radical (unpaired) electrons. The standard InChI is InChI=1S/C16H24N2O3.ClH/c1-16(2,10-19)15(18-8-6-17-7-9-18)12-4-3-5-13-14(12)21-11-20-13;/h3-5,15,17,19H,6-11H2,1-2H3;1H/t15-;/m0./s1. The zero-order valence-electron chi connectivity index (χ0n) is 13.2. The molecule has 5 nitrogen and oxygen atoms in total. The summed E-state index contributed by atoms with van der Waals surface area (Å²) in [6.45, 7) is 8.52. The second-order valence-corrected chi connectivity index (χ2v) is 6.42. The highest BCUT2D eigenvalue weighted by molar-refractivity contribution is 5.85. The van der Waals surface area contributed by atoms with E-state index in [4.69, 9.17) is 9.47 Å². The molecule has 2 N–H and O–H groups in total. The van der Waals surface area contributed by atoms with Crippen LogP contribution in [0.25, 0.3) is 0 Å². The highest BCUT2D eigenvalue weighted by atomic mass is 35.5. The minimum absolute atomic E-state index is 0. The maximum Gasteiger partial charge on any atom is 0.231 e. The summed E-state index contributed by atoms with van der Waals surface area (Å²) in [5, 5.41) is 13.3. The fourth-order valence-electron chi connectivity index (χ4n) is 3.31. The van der Waals surface area contributed by atoms with Crippen molar-refractivity contribution < 1.29 is 14.6 Å². The number of rotatable bonds is 4. The molecule has 0 spiro atoms. The molecule has 2 heterocycles. The van der Waals surface area contributed by atoms with Crippen LogP contribution in [0.15, 0.2) is 18.2 Å². The Labute approximate surface area is 138 Å². The molecule has 2 aliphatic heterocycles. The molecule has 0 saturated carbocycles. The first kappa shape index (κ1) is 17.3. The average molecular weight is 329 g/mol. The molecule has 1 atom stereocenters. The van der Waals surface area contributed by atoms with Gasteiger partial charge < -0.3 is 19.9 Å². The van der Waals surface area contributed by atoms with E-state index in [1.54, 1.807) is 0 Å². The summed E-state index contributed by atoms with van der Waals surface area (Å²) in [7, 11) is 0. The van der Waals surface area contributed by atoms with E-state index >= 15 is 0 Å². The van der Waals surface area contributed by atoms with Gasteiger partial charge in [0, 0.05) is 49.8 Å². The fraction of sp³-hybridized carbons (Fsp3) is 0.625. The molecule has 1 saturated heterocycles. The molecule has 22 heavy (non-hydrogen) atoms. The molecule has 6 heteroatoms. The number of benzene rings is 1. The van der Waals surface area contributed by atoms with Crippen LogP contribution in [0.2, 0.25) is 0 Å². The number of halogens is 1. The Morgan fingerprint density at radius 2 is 2.00 bits per heavy atom. The number of fused-ring (bicyclic) bond motifs is 1. The molecule has 0 bridgehead atoms. The number of hydrogen-bond acceptors (Lipinski definition) is 5. The summed E-state index contributed by atoms with van der Waals surface area (Å²) >= 11 is 0. The summed E-state index contributed by atoms with van der Waals surface area (Å²) in [5.41, 5.74) is 0.865. The van der Waals surface area contributed by atoms with Crippen LogP contribution >= 0.6 is 12.4 Å². The Balaban J connectivity index is 0.00000176. The van der Waals surface area contributed by atoms with Crippen molar-refractivity contribution in [2.75, 3.05) is 39.6 Å². The lowest BCUT2D eigenvalue weighted by Gasteiger charge is -2.43. The SMILES string of the molecule is CC(C)(CO)[C@H](c1cccc2c1OCO2)N1CCNCC1.Cl. The maximum absolute atomic E-state index is 9.89. The van der Waals surface area contributed by atoms with Crippen molar-refractivity contribution in [2.45, 2.75) is 19.9 Å². The van der Waals surface area contributed by atoms with Gasteiger partial charge in [0.1, 0.15) is 0 Å². The molecular formula is C16H25ClN2O3. The molecular weight excluding hydrogens is 304 g/mol. The van der Waals surface area contributed by atoms with Crippen LogP contribution in [0.5, 0.6) is 11.5 Å². The Morgan fingerprint density at radius 1 is 1.27 bits per heavy atom. The minimum Gasteiger partial charge on any atom is -0.454 e. The van der Waals surface area contributed by atoms with E-state index in [9.17, 15) is 5.11 Å². The van der Waals surface area contributed by atoms with E-state index < -0.39 is 0 Å². The van der Waals surface area contributed by atoms with Crippen molar-refractivity contribution >= 4 is 12.4 Å². The zero-order chi connectivity index (χ0) is 14.9. The molecule has 0 unspecified atom stereocenters. The number of ether oxygens (including phenoxy) is 2. The van der Waals surface area contributed by atoms with Gasteiger partial charge in [0.05, 0.1) is 0 Å². The van der Waals surface area contributed by atoms with E-state index in [0.29, 0.717) is 0 Å². The van der Waals surface area contributed by atoms with Gasteiger partial charge in [-0.05, 0) is 6.07 Å². The van der Waals surface area contributed by atoms with E-state index in [2.05, 4.69) is 30.1 Å². The molecule has 3 rings (SSSR count). The van der Waals surface area contributed by atoms with Crippen LogP contribution < -0.4 is 14.8 Å². The summed E-state index contributed by atoms with van der Waals surface area (Å²) in [4.78, 5) is 2.43. The lowest BCUT2D eigenvalue weighted by Crippen LogP contribution is -2.49. The molecule has 124 valence electrons. The van der Waals surface area contributed by atoms with E-state index in [1.807, 2.05) is 12.1 Å². The topological polar surface area (TPSA) is 54.0 Å². The quantitative estimate of drug-likeness (QED) is 0.882. The van der Waals surface area contributed by atoms with Gasteiger partial charge in [-0.3, -0.25) is 4.90 Å². The van der Waals surface area contributed by atoms with Crippen LogP contribution in [-0.2, 0) is 0 Å². The van der Waals surface area contributed by atoms with Crippen LogP contribution in [-0.4, -0.2) is 49.6 Å². The van der Waals surface area contributed by atoms with Crippen LogP contribution in [0.1, 0.15) is 25.5 Å². The van der Waals surface area contributed by atoms with Gasteiger partial charge >= 0.3 is 0 Å². The number of piperazine rings is 1. The Bertz CT molecular complexity index is 504. The summed E-state index contributed by atoms with van der Waals surface area (Å²) in [6, 6.07) is 6.15. The van der Waals surface area contributed by atoms with E-state index in [0.717, 1.165) is 43.2 Å². The number of aliphatic hydroxyl groups is 1. The normalized spacial score (nSPS) is 19.6. The third kappa shape index (κ3) is 3.18. The number of para-hydroxylation sites is 1. The molecule has 0 amide bonds. The largest absolute Gasteiger partial charge is 0.454 e. The van der Waals surface area contributed by atoms with Gasteiger partial charge in [0.2, 0.25) is 6.79 Å². The molecule has 1 aromatic carbocycles. The summed E-state index contributed by atoms with van der Waals surface area (Å²) in [6.07, 6.45) is 0. The van der Waals surface area contributed by atoms with Crippen molar-refractivity contribution in [2.24, 2.45) is 5.41 Å². The highest BCUT2D eigenvalue weighted by Gasteiger charge is 2.38. The smallest absolute Gasteiger partial charge is 0.231 e. The zero-order valence-corrected chi connectivity index (χ0v) is 14.0. The van der Waals surface area contributed by atoms with Gasteiger partial charge in [-0.2, -0.15) is 0 Å². The molecule has 0 aliphatic carbocycles. The third-order valence-electron chi connectivity index (χ3n) is 4.39. The molecule has 2 aliphatic rings. The second-order valence-electron chi connectivity index (χ2n) is 6.42. The maximum atomic E-state index is 9.89. The Morgan fingerprint density at radius 3 is 2.68 bits per heavy atom. The van der Waals surface area contributed by atoms with Crippen molar-refractivity contribution in [3.05, 3.63) is 23.8 Å². The molecule has 0 aromatic heterocycles. The first-order chi connectivity index (χ1) is 10.1. The average Bonchev–Trinajstić information content (AvgIpc) is 2.98. The van der Waals surface area contributed by atoms with Crippen LogP contribution in [0.3, 0.4) is 0 Å². The Hall–Kier alpha value is -1.01. The number of nitrogens with zero attached hydrogens (tertiary/aromatic N) is 1. The minimum atomic E-state index is -0.252. The highest BCUT2D eigenvalue weighted by Crippen LogP contribution is 2.46. The van der Waals surface area contributed by atoms with E-state index in [1.165, 1.54) is 0 Å². The monoisotopic (exact) mass is 328 g/mol. The summed E-state index contributed by atoms with van der Waals surface area (Å²) < 4.78 is 11.2. The van der Waals surface area contributed by atoms with Crippen molar-refractivity contribution in [1.29, 1.82) is 0 Å². The van der Waals surface area contributed by atoms with Crippen molar-refractivity contribution in [3.63, 3.8) is 0 Å². The van der Waals surface area contributed by atoms with Gasteiger partial charge in [-0.1, -0.05) is 26.0 Å². The number of aliphatic hydroxyl groups excluding tert-OH is 1. The number of nitrogens with one attached hydrogen (secondary N) is 1. The van der Waals surface area contributed by atoms with Crippen LogP contribution in [0.4, 0.5) is 0 Å². The molecule has 1 fully saturated rings. The molecule has 1 aromatic rings. The first-order valence-electron chi connectivity index (χ1n) is 7.57. The van der Waals surface area contributed by atoms with Crippen molar-refractivity contribution in [3.8, 4) is 11.5 Å². The van der Waals surface area contributed by atoms with Crippen LogP contribution in [0, 0.1) is 5.41 Å². The fourth-order valence-corrected chi connectivity index (χ4v) is 3.31. The summed E-state index contributed by atoms with van der Waals surface area (Å²) in [5.74, 6) is 1.64.